The molecule has 0 bridgehead atoms. The zero-order chi connectivity index (χ0) is 15.0. The average Bonchev–Trinajstić information content (AvgIpc) is 2.49. The van der Waals surface area contributed by atoms with Crippen molar-refractivity contribution in [3.05, 3.63) is 0 Å². The molecule has 2 heterocycles. The van der Waals surface area contributed by atoms with Gasteiger partial charge >= 0.3 is 0 Å². The molecule has 20 heavy (non-hydrogen) atoms. The molecule has 0 aromatic carbocycles. The Kier molecular flexibility index (Phi) is 4.80. The van der Waals surface area contributed by atoms with Crippen molar-refractivity contribution in [1.82, 2.24) is 4.90 Å². The van der Waals surface area contributed by atoms with E-state index >= 15 is 0 Å². The van der Waals surface area contributed by atoms with E-state index in [2.05, 4.69) is 39.5 Å². The summed E-state index contributed by atoms with van der Waals surface area (Å²) >= 11 is 0. The number of nitrogens with two attached hydrogens (primary N) is 1. The number of rotatable bonds is 4. The van der Waals surface area contributed by atoms with Crippen molar-refractivity contribution in [2.24, 2.45) is 11.7 Å². The molecule has 4 nitrogen and oxygen atoms in total. The van der Waals surface area contributed by atoms with E-state index in [-0.39, 0.29) is 17.2 Å². The van der Waals surface area contributed by atoms with Gasteiger partial charge in [-0.05, 0) is 54.0 Å². The maximum absolute atomic E-state index is 6.46. The maximum atomic E-state index is 6.46. The SMILES string of the molecule is CCOC1CCCN(CC2C(N)C(C)(C)OC2(C)C)C1. The van der Waals surface area contributed by atoms with Gasteiger partial charge in [0.2, 0.25) is 0 Å². The third-order valence-corrected chi connectivity index (χ3v) is 4.97. The van der Waals surface area contributed by atoms with Crippen molar-refractivity contribution in [3.8, 4) is 0 Å². The molecule has 0 aliphatic carbocycles. The molecule has 0 saturated carbocycles. The van der Waals surface area contributed by atoms with Gasteiger partial charge in [-0.15, -0.1) is 0 Å². The number of piperidine rings is 1. The number of likely N-dealkylation sites (tertiary alicyclic amines) is 1. The van der Waals surface area contributed by atoms with Crippen molar-refractivity contribution in [3.63, 3.8) is 0 Å². The van der Waals surface area contributed by atoms with Crippen molar-refractivity contribution in [1.29, 1.82) is 0 Å². The Morgan fingerprint density at radius 2 is 1.95 bits per heavy atom. The zero-order valence-electron chi connectivity index (χ0n) is 13.8. The predicted octanol–water partition coefficient (Wildman–Crippen LogP) is 2.02. The second-order valence-corrected chi connectivity index (χ2v) is 7.42. The van der Waals surface area contributed by atoms with E-state index in [1.165, 1.54) is 12.8 Å². The van der Waals surface area contributed by atoms with Crippen LogP contribution in [0, 0.1) is 5.92 Å². The summed E-state index contributed by atoms with van der Waals surface area (Å²) in [6.07, 6.45) is 2.80. The summed E-state index contributed by atoms with van der Waals surface area (Å²) in [5.41, 5.74) is 6.08. The first-order chi connectivity index (χ1) is 9.26. The van der Waals surface area contributed by atoms with E-state index in [4.69, 9.17) is 15.2 Å². The van der Waals surface area contributed by atoms with Gasteiger partial charge in [0.1, 0.15) is 0 Å². The first-order valence-corrected chi connectivity index (χ1v) is 8.06. The normalized spacial score (nSPS) is 37.2. The van der Waals surface area contributed by atoms with Crippen LogP contribution >= 0.6 is 0 Å². The van der Waals surface area contributed by atoms with Crippen molar-refractivity contribution < 1.29 is 9.47 Å². The summed E-state index contributed by atoms with van der Waals surface area (Å²) in [6.45, 7) is 14.7. The van der Waals surface area contributed by atoms with E-state index in [0.717, 1.165) is 26.2 Å². The van der Waals surface area contributed by atoms with Gasteiger partial charge in [-0.1, -0.05) is 0 Å². The summed E-state index contributed by atoms with van der Waals surface area (Å²) in [5, 5.41) is 0. The first kappa shape index (κ1) is 16.2. The fourth-order valence-electron chi connectivity index (χ4n) is 3.90. The molecule has 3 unspecified atom stereocenters. The van der Waals surface area contributed by atoms with Crippen LogP contribution in [0.25, 0.3) is 0 Å². The Morgan fingerprint density at radius 1 is 1.25 bits per heavy atom. The van der Waals surface area contributed by atoms with Gasteiger partial charge in [0, 0.05) is 31.7 Å². The maximum Gasteiger partial charge on any atom is 0.0788 e. The molecular weight excluding hydrogens is 252 g/mol. The van der Waals surface area contributed by atoms with Crippen LogP contribution in [0.4, 0.5) is 0 Å². The third-order valence-electron chi connectivity index (χ3n) is 4.97. The van der Waals surface area contributed by atoms with Gasteiger partial charge in [-0.25, -0.2) is 0 Å². The van der Waals surface area contributed by atoms with Gasteiger partial charge in [-0.2, -0.15) is 0 Å². The molecule has 2 saturated heterocycles. The van der Waals surface area contributed by atoms with E-state index < -0.39 is 0 Å². The number of hydrogen-bond donors (Lipinski definition) is 1. The fraction of sp³-hybridized carbons (Fsp3) is 1.00. The van der Waals surface area contributed by atoms with Gasteiger partial charge in [0.05, 0.1) is 17.3 Å². The fourth-order valence-corrected chi connectivity index (χ4v) is 3.90. The topological polar surface area (TPSA) is 47.7 Å². The summed E-state index contributed by atoms with van der Waals surface area (Å²) in [7, 11) is 0. The smallest absolute Gasteiger partial charge is 0.0788 e. The highest BCUT2D eigenvalue weighted by Gasteiger charge is 2.52. The monoisotopic (exact) mass is 284 g/mol. The molecule has 0 aromatic rings. The molecule has 2 aliphatic heterocycles. The van der Waals surface area contributed by atoms with Gasteiger partial charge in [0.25, 0.3) is 0 Å². The van der Waals surface area contributed by atoms with Crippen molar-refractivity contribution in [2.45, 2.75) is 70.8 Å². The van der Waals surface area contributed by atoms with E-state index in [9.17, 15) is 0 Å². The second kappa shape index (κ2) is 5.91. The number of hydrogen-bond acceptors (Lipinski definition) is 4. The summed E-state index contributed by atoms with van der Waals surface area (Å²) in [6, 6.07) is 0.0879. The lowest BCUT2D eigenvalue weighted by atomic mass is 9.82. The van der Waals surface area contributed by atoms with Crippen LogP contribution in [-0.2, 0) is 9.47 Å². The largest absolute Gasteiger partial charge is 0.377 e. The van der Waals surface area contributed by atoms with Crippen molar-refractivity contribution >= 4 is 0 Å². The van der Waals surface area contributed by atoms with Crippen molar-refractivity contribution in [2.75, 3.05) is 26.2 Å². The second-order valence-electron chi connectivity index (χ2n) is 7.42. The summed E-state index contributed by atoms with van der Waals surface area (Å²) in [5.74, 6) is 0.373. The number of nitrogens with zero attached hydrogens (tertiary/aromatic N) is 1. The quantitative estimate of drug-likeness (QED) is 0.858. The number of ether oxygens (including phenoxy) is 2. The van der Waals surface area contributed by atoms with Gasteiger partial charge < -0.3 is 20.1 Å². The summed E-state index contributed by atoms with van der Waals surface area (Å²) in [4.78, 5) is 2.51. The lowest BCUT2D eigenvalue weighted by molar-refractivity contribution is -0.0805. The summed E-state index contributed by atoms with van der Waals surface area (Å²) < 4.78 is 12.0. The Balaban J connectivity index is 1.98. The average molecular weight is 284 g/mol. The molecular formula is C16H32N2O2. The van der Waals surface area contributed by atoms with Crippen LogP contribution < -0.4 is 5.73 Å². The zero-order valence-corrected chi connectivity index (χ0v) is 13.8. The van der Waals surface area contributed by atoms with E-state index in [1.54, 1.807) is 0 Å². The van der Waals surface area contributed by atoms with Crippen LogP contribution in [-0.4, -0.2) is 54.5 Å². The molecule has 0 spiro atoms. The van der Waals surface area contributed by atoms with Crippen LogP contribution in [0.1, 0.15) is 47.5 Å². The Hall–Kier alpha value is -0.160. The molecule has 2 aliphatic rings. The van der Waals surface area contributed by atoms with E-state index in [0.29, 0.717) is 12.0 Å². The molecule has 2 N–H and O–H groups in total. The molecule has 0 aromatic heterocycles. The molecule has 0 amide bonds. The predicted molar refractivity (Wildman–Crippen MR) is 81.8 cm³/mol. The lowest BCUT2D eigenvalue weighted by Crippen LogP contribution is -2.50. The molecule has 3 atom stereocenters. The first-order valence-electron chi connectivity index (χ1n) is 8.06. The van der Waals surface area contributed by atoms with Crippen LogP contribution in [0.5, 0.6) is 0 Å². The minimum atomic E-state index is -0.233. The molecule has 4 heteroatoms. The van der Waals surface area contributed by atoms with Crippen LogP contribution in [0.3, 0.4) is 0 Å². The molecule has 118 valence electrons. The molecule has 0 radical (unpaired) electrons. The standard InChI is InChI=1S/C16H32N2O2/c1-6-19-12-8-7-9-18(10-12)11-13-14(17)16(4,5)20-15(13,2)3/h12-14H,6-11,17H2,1-5H3. The Morgan fingerprint density at radius 3 is 2.50 bits per heavy atom. The molecule has 2 fully saturated rings. The lowest BCUT2D eigenvalue weighted by Gasteiger charge is -2.37. The highest BCUT2D eigenvalue weighted by molar-refractivity contribution is 5.04. The van der Waals surface area contributed by atoms with E-state index in [1.807, 2.05) is 0 Å². The van der Waals surface area contributed by atoms with Crippen LogP contribution in [0.15, 0.2) is 0 Å². The Labute approximate surface area is 124 Å². The third kappa shape index (κ3) is 3.35. The van der Waals surface area contributed by atoms with Gasteiger partial charge in [0.15, 0.2) is 0 Å². The van der Waals surface area contributed by atoms with Gasteiger partial charge in [-0.3, -0.25) is 0 Å². The minimum absolute atomic E-state index is 0.0879. The highest BCUT2D eigenvalue weighted by atomic mass is 16.5. The Bertz CT molecular complexity index is 328. The highest BCUT2D eigenvalue weighted by Crippen LogP contribution is 2.41. The molecule has 2 rings (SSSR count). The van der Waals surface area contributed by atoms with Crippen LogP contribution in [0.2, 0.25) is 0 Å². The minimum Gasteiger partial charge on any atom is -0.377 e.